The number of hydrogen-bond acceptors (Lipinski definition) is 3. The zero-order valence-electron chi connectivity index (χ0n) is 15.1. The van der Waals surface area contributed by atoms with Crippen LogP contribution in [0.2, 0.25) is 0 Å². The van der Waals surface area contributed by atoms with Gasteiger partial charge in [0.1, 0.15) is 12.4 Å². The number of halogens is 3. The number of nitrogens with one attached hydrogen (secondary N) is 1. The van der Waals surface area contributed by atoms with Crippen molar-refractivity contribution in [3.63, 3.8) is 0 Å². The maximum absolute atomic E-state index is 12.6. The summed E-state index contributed by atoms with van der Waals surface area (Å²) in [6, 6.07) is 19.5. The van der Waals surface area contributed by atoms with Crippen LogP contribution in [0.4, 0.5) is 18.9 Å². The average molecular weight is 399 g/mol. The van der Waals surface area contributed by atoms with Crippen molar-refractivity contribution in [1.29, 1.82) is 0 Å². The van der Waals surface area contributed by atoms with Gasteiger partial charge in [-0.2, -0.15) is 13.2 Å². The van der Waals surface area contributed by atoms with Gasteiger partial charge in [0.15, 0.2) is 0 Å². The summed E-state index contributed by atoms with van der Waals surface area (Å²) in [5.74, 6) is -1.40. The lowest BCUT2D eigenvalue weighted by Crippen LogP contribution is -2.23. The molecule has 0 spiro atoms. The van der Waals surface area contributed by atoms with E-state index in [9.17, 15) is 22.8 Å². The minimum absolute atomic E-state index is 0.132. The van der Waals surface area contributed by atoms with E-state index in [2.05, 4.69) is 5.32 Å². The lowest BCUT2D eigenvalue weighted by atomic mass is 10.1. The molecular formula is C22H16F3NO3. The molecule has 0 saturated carbocycles. The standard InChI is InChI=1S/C22H16F3NO3/c23-22(24,25)17-11-9-16(10-12-17)20(27)21(28)26-18-7-4-8-19(13-18)29-14-15-5-2-1-3-6-15/h1-13H,14H2,(H,26,28). The van der Waals surface area contributed by atoms with Gasteiger partial charge in [0.05, 0.1) is 5.56 Å². The Hall–Kier alpha value is -3.61. The molecule has 148 valence electrons. The number of carbonyl (C=O) groups is 2. The average Bonchev–Trinajstić information content (AvgIpc) is 2.72. The third-order valence-corrected chi connectivity index (χ3v) is 4.02. The van der Waals surface area contributed by atoms with E-state index in [-0.39, 0.29) is 5.56 Å². The van der Waals surface area contributed by atoms with Crippen LogP contribution in [-0.2, 0) is 17.6 Å². The number of rotatable bonds is 6. The number of amides is 1. The molecule has 0 aliphatic heterocycles. The van der Waals surface area contributed by atoms with Crippen LogP contribution in [0.15, 0.2) is 78.9 Å². The summed E-state index contributed by atoms with van der Waals surface area (Å²) >= 11 is 0. The molecule has 0 radical (unpaired) electrons. The van der Waals surface area contributed by atoms with Crippen LogP contribution in [0.25, 0.3) is 0 Å². The van der Waals surface area contributed by atoms with Gasteiger partial charge in [-0.3, -0.25) is 9.59 Å². The molecule has 3 rings (SSSR count). The fraction of sp³-hybridized carbons (Fsp3) is 0.0909. The number of ketones is 1. The van der Waals surface area contributed by atoms with Gasteiger partial charge in [-0.25, -0.2) is 0 Å². The monoisotopic (exact) mass is 399 g/mol. The smallest absolute Gasteiger partial charge is 0.416 e. The van der Waals surface area contributed by atoms with Crippen LogP contribution < -0.4 is 10.1 Å². The second-order valence-corrected chi connectivity index (χ2v) is 6.16. The number of Topliss-reactive ketones (excluding diaryl/α,β-unsaturated/α-hetero) is 1. The first-order valence-corrected chi connectivity index (χ1v) is 8.62. The Morgan fingerprint density at radius 3 is 2.21 bits per heavy atom. The van der Waals surface area contributed by atoms with Gasteiger partial charge in [0, 0.05) is 17.3 Å². The summed E-state index contributed by atoms with van der Waals surface area (Å²) in [5.41, 5.74) is 0.282. The molecule has 7 heteroatoms. The molecule has 0 unspecified atom stereocenters. The first-order chi connectivity index (χ1) is 13.8. The molecule has 3 aromatic rings. The molecule has 3 aromatic carbocycles. The zero-order chi connectivity index (χ0) is 20.9. The van der Waals surface area contributed by atoms with E-state index in [1.165, 1.54) is 0 Å². The number of benzene rings is 3. The number of hydrogen-bond donors (Lipinski definition) is 1. The summed E-state index contributed by atoms with van der Waals surface area (Å²) in [6.45, 7) is 0.336. The van der Waals surface area contributed by atoms with Gasteiger partial charge in [0.2, 0.25) is 0 Å². The molecule has 1 amide bonds. The highest BCUT2D eigenvalue weighted by atomic mass is 19.4. The molecule has 0 heterocycles. The summed E-state index contributed by atoms with van der Waals surface area (Å²) in [7, 11) is 0. The molecule has 0 bridgehead atoms. The van der Waals surface area contributed by atoms with Crippen molar-refractivity contribution >= 4 is 17.4 Å². The number of carbonyl (C=O) groups excluding carboxylic acids is 2. The Bertz CT molecular complexity index is 1000. The first-order valence-electron chi connectivity index (χ1n) is 8.62. The molecule has 0 aliphatic carbocycles. The lowest BCUT2D eigenvalue weighted by Gasteiger charge is -2.10. The molecule has 29 heavy (non-hydrogen) atoms. The Labute approximate surface area is 164 Å². The van der Waals surface area contributed by atoms with E-state index in [0.29, 0.717) is 18.0 Å². The highest BCUT2D eigenvalue weighted by Crippen LogP contribution is 2.29. The second kappa shape index (κ2) is 8.60. The Morgan fingerprint density at radius 1 is 0.862 bits per heavy atom. The molecule has 0 aromatic heterocycles. The van der Waals surface area contributed by atoms with Gasteiger partial charge in [-0.05, 0) is 29.8 Å². The quantitative estimate of drug-likeness (QED) is 0.463. The maximum Gasteiger partial charge on any atom is 0.416 e. The number of anilines is 1. The van der Waals surface area contributed by atoms with Crippen LogP contribution >= 0.6 is 0 Å². The van der Waals surface area contributed by atoms with Gasteiger partial charge in [-0.15, -0.1) is 0 Å². The van der Waals surface area contributed by atoms with E-state index < -0.39 is 23.4 Å². The third kappa shape index (κ3) is 5.44. The normalized spacial score (nSPS) is 11.0. The Kier molecular flexibility index (Phi) is 5.97. The molecule has 0 saturated heterocycles. The van der Waals surface area contributed by atoms with Crippen molar-refractivity contribution < 1.29 is 27.5 Å². The molecule has 1 N–H and O–H groups in total. The van der Waals surface area contributed by atoms with Crippen LogP contribution in [0.3, 0.4) is 0 Å². The summed E-state index contributed by atoms with van der Waals surface area (Å²) in [6.07, 6.45) is -4.51. The maximum atomic E-state index is 12.6. The first kappa shape index (κ1) is 20.1. The lowest BCUT2D eigenvalue weighted by molar-refractivity contribution is -0.137. The minimum atomic E-state index is -4.51. The van der Waals surface area contributed by atoms with Gasteiger partial charge in [0.25, 0.3) is 11.7 Å². The van der Waals surface area contributed by atoms with Crippen LogP contribution in [-0.4, -0.2) is 11.7 Å². The summed E-state index contributed by atoms with van der Waals surface area (Å²) in [4.78, 5) is 24.3. The van der Waals surface area contributed by atoms with Gasteiger partial charge >= 0.3 is 6.18 Å². The predicted octanol–water partition coefficient (Wildman–Crippen LogP) is 5.11. The van der Waals surface area contributed by atoms with Gasteiger partial charge in [-0.1, -0.05) is 48.5 Å². The topological polar surface area (TPSA) is 55.4 Å². The van der Waals surface area contributed by atoms with E-state index in [1.807, 2.05) is 30.3 Å². The van der Waals surface area contributed by atoms with Crippen LogP contribution in [0.5, 0.6) is 5.75 Å². The number of alkyl halides is 3. The van der Waals surface area contributed by atoms with Crippen molar-refractivity contribution in [2.45, 2.75) is 12.8 Å². The third-order valence-electron chi connectivity index (χ3n) is 4.02. The second-order valence-electron chi connectivity index (χ2n) is 6.16. The van der Waals surface area contributed by atoms with Crippen molar-refractivity contribution in [2.75, 3.05) is 5.32 Å². The molecule has 0 fully saturated rings. The largest absolute Gasteiger partial charge is 0.489 e. The number of ether oxygens (including phenoxy) is 1. The summed E-state index contributed by atoms with van der Waals surface area (Å²) < 4.78 is 43.5. The van der Waals surface area contributed by atoms with Crippen molar-refractivity contribution in [3.8, 4) is 5.75 Å². The fourth-order valence-corrected chi connectivity index (χ4v) is 2.53. The SMILES string of the molecule is O=C(Nc1cccc(OCc2ccccc2)c1)C(=O)c1ccc(C(F)(F)F)cc1. The van der Waals surface area contributed by atoms with Crippen molar-refractivity contribution in [2.24, 2.45) is 0 Å². The van der Waals surface area contributed by atoms with E-state index in [4.69, 9.17) is 4.74 Å². The van der Waals surface area contributed by atoms with Gasteiger partial charge < -0.3 is 10.1 Å². The fourth-order valence-electron chi connectivity index (χ4n) is 2.53. The van der Waals surface area contributed by atoms with Crippen LogP contribution in [0, 0.1) is 0 Å². The predicted molar refractivity (Wildman–Crippen MR) is 102 cm³/mol. The van der Waals surface area contributed by atoms with E-state index in [0.717, 1.165) is 29.8 Å². The minimum Gasteiger partial charge on any atom is -0.489 e. The van der Waals surface area contributed by atoms with Crippen molar-refractivity contribution in [1.82, 2.24) is 0 Å². The molecule has 4 nitrogen and oxygen atoms in total. The van der Waals surface area contributed by atoms with E-state index in [1.54, 1.807) is 24.3 Å². The highest BCUT2D eigenvalue weighted by molar-refractivity contribution is 6.46. The van der Waals surface area contributed by atoms with Crippen LogP contribution in [0.1, 0.15) is 21.5 Å². The molecule has 0 aliphatic rings. The molecule has 0 atom stereocenters. The molecular weight excluding hydrogens is 383 g/mol. The van der Waals surface area contributed by atoms with Crippen molar-refractivity contribution in [3.05, 3.63) is 95.6 Å². The zero-order valence-corrected chi connectivity index (χ0v) is 15.1. The highest BCUT2D eigenvalue weighted by Gasteiger charge is 2.30. The Balaban J connectivity index is 1.63. The Morgan fingerprint density at radius 2 is 1.55 bits per heavy atom. The summed E-state index contributed by atoms with van der Waals surface area (Å²) in [5, 5.41) is 2.43. The van der Waals surface area contributed by atoms with E-state index >= 15 is 0 Å².